The molecule has 2 N–H and O–H groups in total. The second kappa shape index (κ2) is 4.35. The van der Waals surface area contributed by atoms with Gasteiger partial charge in [-0.2, -0.15) is 0 Å². The second-order valence-electron chi connectivity index (χ2n) is 3.97. The Balaban J connectivity index is 2.42. The monoisotopic (exact) mass is 272 g/mol. The predicted molar refractivity (Wildman–Crippen MR) is 61.2 cm³/mol. The number of halogens is 1. The SMILES string of the molecule is O=c1[nH]c(C2CCCCC2)c(Br)c(=O)[nH]1. The van der Waals surface area contributed by atoms with E-state index in [2.05, 4.69) is 25.9 Å². The number of nitrogens with one attached hydrogen (secondary N) is 2. The third kappa shape index (κ3) is 2.22. The van der Waals surface area contributed by atoms with Crippen LogP contribution in [0.2, 0.25) is 0 Å². The lowest BCUT2D eigenvalue weighted by Crippen LogP contribution is -2.26. The number of aromatic amines is 2. The van der Waals surface area contributed by atoms with E-state index in [1.54, 1.807) is 0 Å². The molecule has 0 radical (unpaired) electrons. The fraction of sp³-hybridized carbons (Fsp3) is 0.600. The standard InChI is InChI=1S/C10H13BrN2O2/c11-7-8(6-4-2-1-3-5-6)12-10(15)13-9(7)14/h6H,1-5H2,(H2,12,13,14,15). The number of rotatable bonds is 1. The van der Waals surface area contributed by atoms with Crippen molar-refractivity contribution in [2.75, 3.05) is 0 Å². The molecule has 0 spiro atoms. The van der Waals surface area contributed by atoms with Crippen LogP contribution in [0, 0.1) is 0 Å². The quantitative estimate of drug-likeness (QED) is 0.820. The van der Waals surface area contributed by atoms with Gasteiger partial charge in [0.2, 0.25) is 0 Å². The number of hydrogen-bond donors (Lipinski definition) is 2. The van der Waals surface area contributed by atoms with E-state index in [1.165, 1.54) is 19.3 Å². The molecule has 1 saturated carbocycles. The summed E-state index contributed by atoms with van der Waals surface area (Å²) < 4.78 is 0.481. The first-order valence-electron chi connectivity index (χ1n) is 5.20. The van der Waals surface area contributed by atoms with Crippen LogP contribution in [0.4, 0.5) is 0 Å². The molecule has 0 aromatic carbocycles. The molecular formula is C10H13BrN2O2. The Morgan fingerprint density at radius 2 is 1.73 bits per heavy atom. The van der Waals surface area contributed by atoms with Gasteiger partial charge >= 0.3 is 5.69 Å². The fourth-order valence-corrected chi connectivity index (χ4v) is 2.68. The molecule has 1 aromatic heterocycles. The van der Waals surface area contributed by atoms with Crippen LogP contribution < -0.4 is 11.2 Å². The Kier molecular flexibility index (Phi) is 3.09. The average Bonchev–Trinajstić information content (AvgIpc) is 2.24. The Morgan fingerprint density at radius 3 is 2.40 bits per heavy atom. The van der Waals surface area contributed by atoms with E-state index < -0.39 is 5.69 Å². The van der Waals surface area contributed by atoms with E-state index in [1.807, 2.05) is 0 Å². The van der Waals surface area contributed by atoms with Crippen molar-refractivity contribution < 1.29 is 0 Å². The van der Waals surface area contributed by atoms with Gasteiger partial charge in [0.25, 0.3) is 5.56 Å². The third-order valence-electron chi connectivity index (χ3n) is 2.92. The molecule has 5 heteroatoms. The normalized spacial score (nSPS) is 17.9. The molecule has 0 atom stereocenters. The Morgan fingerprint density at radius 1 is 1.07 bits per heavy atom. The summed E-state index contributed by atoms with van der Waals surface area (Å²) in [4.78, 5) is 27.5. The highest BCUT2D eigenvalue weighted by Crippen LogP contribution is 2.33. The van der Waals surface area contributed by atoms with E-state index >= 15 is 0 Å². The van der Waals surface area contributed by atoms with E-state index in [-0.39, 0.29) is 5.56 Å². The van der Waals surface area contributed by atoms with Crippen molar-refractivity contribution in [3.05, 3.63) is 31.0 Å². The van der Waals surface area contributed by atoms with Crippen molar-refractivity contribution in [3.8, 4) is 0 Å². The first kappa shape index (κ1) is 10.7. The van der Waals surface area contributed by atoms with E-state index in [9.17, 15) is 9.59 Å². The summed E-state index contributed by atoms with van der Waals surface area (Å²) in [5.74, 6) is 0.322. The highest BCUT2D eigenvalue weighted by Gasteiger charge is 2.20. The van der Waals surface area contributed by atoms with Crippen LogP contribution in [0.15, 0.2) is 14.1 Å². The van der Waals surface area contributed by atoms with Gasteiger partial charge in [0, 0.05) is 11.6 Å². The van der Waals surface area contributed by atoms with Gasteiger partial charge in [0.15, 0.2) is 0 Å². The van der Waals surface area contributed by atoms with Crippen molar-refractivity contribution in [1.82, 2.24) is 9.97 Å². The van der Waals surface area contributed by atoms with Gasteiger partial charge in [-0.3, -0.25) is 9.78 Å². The van der Waals surface area contributed by atoms with Crippen LogP contribution in [0.25, 0.3) is 0 Å². The van der Waals surface area contributed by atoms with Crippen molar-refractivity contribution in [2.24, 2.45) is 0 Å². The molecule has 82 valence electrons. The minimum atomic E-state index is -0.413. The maximum absolute atomic E-state index is 11.4. The topological polar surface area (TPSA) is 65.7 Å². The highest BCUT2D eigenvalue weighted by molar-refractivity contribution is 9.10. The van der Waals surface area contributed by atoms with Gasteiger partial charge in [-0.15, -0.1) is 0 Å². The van der Waals surface area contributed by atoms with Crippen LogP contribution in [0.1, 0.15) is 43.7 Å². The number of hydrogen-bond acceptors (Lipinski definition) is 2. The van der Waals surface area contributed by atoms with Crippen molar-refractivity contribution >= 4 is 15.9 Å². The molecule has 1 fully saturated rings. The zero-order chi connectivity index (χ0) is 10.8. The van der Waals surface area contributed by atoms with Gasteiger partial charge in [-0.1, -0.05) is 19.3 Å². The molecule has 15 heavy (non-hydrogen) atoms. The lowest BCUT2D eigenvalue weighted by Gasteiger charge is -2.21. The van der Waals surface area contributed by atoms with Crippen LogP contribution in [0.3, 0.4) is 0 Å². The lowest BCUT2D eigenvalue weighted by atomic mass is 9.87. The maximum Gasteiger partial charge on any atom is 0.325 e. The lowest BCUT2D eigenvalue weighted by molar-refractivity contribution is 0.433. The largest absolute Gasteiger partial charge is 0.325 e. The summed E-state index contributed by atoms with van der Waals surface area (Å²) >= 11 is 3.24. The Bertz CT molecular complexity index is 457. The smallest absolute Gasteiger partial charge is 0.310 e. The zero-order valence-electron chi connectivity index (χ0n) is 8.31. The van der Waals surface area contributed by atoms with Crippen LogP contribution in [-0.2, 0) is 0 Å². The Hall–Kier alpha value is -0.840. The van der Waals surface area contributed by atoms with E-state index in [4.69, 9.17) is 0 Å². The average molecular weight is 273 g/mol. The molecule has 1 heterocycles. The summed E-state index contributed by atoms with van der Waals surface area (Å²) in [5, 5.41) is 0. The van der Waals surface area contributed by atoms with Gasteiger partial charge in [0.1, 0.15) is 4.47 Å². The van der Waals surface area contributed by atoms with Gasteiger partial charge < -0.3 is 4.98 Å². The number of H-pyrrole nitrogens is 2. The summed E-state index contributed by atoms with van der Waals surface area (Å²) in [6.07, 6.45) is 5.70. The van der Waals surface area contributed by atoms with Crippen LogP contribution >= 0.6 is 15.9 Å². The summed E-state index contributed by atoms with van der Waals surface area (Å²) in [6, 6.07) is 0. The van der Waals surface area contributed by atoms with Crippen molar-refractivity contribution in [2.45, 2.75) is 38.0 Å². The van der Waals surface area contributed by atoms with Gasteiger partial charge in [0.05, 0.1) is 0 Å². The van der Waals surface area contributed by atoms with Crippen LogP contribution in [-0.4, -0.2) is 9.97 Å². The van der Waals surface area contributed by atoms with E-state index in [0.717, 1.165) is 18.5 Å². The molecule has 0 bridgehead atoms. The molecule has 0 aliphatic heterocycles. The Labute approximate surface area is 95.2 Å². The molecule has 0 amide bonds. The molecule has 0 unspecified atom stereocenters. The predicted octanol–water partition coefficient (Wildman–Crippen LogP) is 1.87. The highest BCUT2D eigenvalue weighted by atomic mass is 79.9. The molecule has 4 nitrogen and oxygen atoms in total. The number of aromatic nitrogens is 2. The molecule has 1 aromatic rings. The molecule has 1 aliphatic carbocycles. The zero-order valence-corrected chi connectivity index (χ0v) is 9.89. The molecule has 0 saturated heterocycles. The minimum Gasteiger partial charge on any atom is -0.310 e. The summed E-state index contributed by atoms with van der Waals surface area (Å²) in [5.41, 5.74) is 0.0200. The summed E-state index contributed by atoms with van der Waals surface area (Å²) in [6.45, 7) is 0. The van der Waals surface area contributed by atoms with E-state index in [0.29, 0.717) is 10.4 Å². The molecule has 1 aliphatic rings. The van der Waals surface area contributed by atoms with Crippen molar-refractivity contribution in [3.63, 3.8) is 0 Å². The van der Waals surface area contributed by atoms with Gasteiger partial charge in [-0.25, -0.2) is 4.79 Å². The van der Waals surface area contributed by atoms with Crippen LogP contribution in [0.5, 0.6) is 0 Å². The van der Waals surface area contributed by atoms with Gasteiger partial charge in [-0.05, 0) is 28.8 Å². The first-order valence-corrected chi connectivity index (χ1v) is 6.00. The molecule has 2 rings (SSSR count). The summed E-state index contributed by atoms with van der Waals surface area (Å²) in [7, 11) is 0. The first-order chi connectivity index (χ1) is 7.18. The maximum atomic E-state index is 11.4. The third-order valence-corrected chi connectivity index (χ3v) is 3.71. The van der Waals surface area contributed by atoms with Crippen molar-refractivity contribution in [1.29, 1.82) is 0 Å². The molecular weight excluding hydrogens is 260 g/mol. The second-order valence-corrected chi connectivity index (χ2v) is 4.76. The fourth-order valence-electron chi connectivity index (χ4n) is 2.16. The minimum absolute atomic E-state index is 0.322.